The maximum Gasteiger partial charge on any atom is 0.260 e. The molecule has 1 atom stereocenters. The molecule has 7 heteroatoms. The average Bonchev–Trinajstić information content (AvgIpc) is 2.87. The summed E-state index contributed by atoms with van der Waals surface area (Å²) >= 11 is 3.39. The molecule has 0 amide bonds. The minimum atomic E-state index is -3.67. The van der Waals surface area contributed by atoms with Crippen LogP contribution in [0.15, 0.2) is 47.9 Å². The highest BCUT2D eigenvalue weighted by molar-refractivity contribution is 9.09. The summed E-state index contributed by atoms with van der Waals surface area (Å²) in [5.74, 6) is 0. The number of benzene rings is 1. The molecule has 0 spiro atoms. The summed E-state index contributed by atoms with van der Waals surface area (Å²) in [5, 5.41) is 0.471. The Morgan fingerprint density at radius 1 is 1.35 bits per heavy atom. The minimum absolute atomic E-state index is 0.0168. The van der Waals surface area contributed by atoms with Gasteiger partial charge in [-0.25, -0.2) is 13.4 Å². The second kappa shape index (κ2) is 5.67. The van der Waals surface area contributed by atoms with Crippen molar-refractivity contribution in [3.63, 3.8) is 0 Å². The van der Waals surface area contributed by atoms with Crippen molar-refractivity contribution in [2.45, 2.75) is 17.5 Å². The van der Waals surface area contributed by atoms with Crippen LogP contribution in [0.25, 0.3) is 0 Å². The molecule has 0 aliphatic rings. The van der Waals surface area contributed by atoms with Crippen LogP contribution >= 0.6 is 15.9 Å². The van der Waals surface area contributed by atoms with E-state index in [9.17, 15) is 8.42 Å². The molecule has 0 aliphatic heterocycles. The summed E-state index contributed by atoms with van der Waals surface area (Å²) in [5.41, 5.74) is 0.147. The second-order valence-corrected chi connectivity index (χ2v) is 7.00. The number of aromatic nitrogens is 2. The molecule has 1 N–H and O–H groups in total. The van der Waals surface area contributed by atoms with Crippen LogP contribution in [0.4, 0.5) is 0 Å². The molecule has 0 aliphatic carbocycles. The van der Waals surface area contributed by atoms with E-state index in [0.29, 0.717) is 5.33 Å². The quantitative estimate of drug-likeness (QED) is 0.832. The Balaban J connectivity index is 2.35. The molecular formula is C13H16BrN3O2S. The molecule has 0 saturated carbocycles. The summed E-state index contributed by atoms with van der Waals surface area (Å²) in [4.78, 5) is 3.90. The fraction of sp³-hybridized carbons (Fsp3) is 0.308. The van der Waals surface area contributed by atoms with Gasteiger partial charge in [-0.15, -0.1) is 0 Å². The van der Waals surface area contributed by atoms with Crippen LogP contribution in [0.1, 0.15) is 12.5 Å². The van der Waals surface area contributed by atoms with Gasteiger partial charge in [0.15, 0.2) is 5.03 Å². The number of imidazole rings is 1. The first kappa shape index (κ1) is 15.2. The zero-order valence-electron chi connectivity index (χ0n) is 11.2. The van der Waals surface area contributed by atoms with Crippen molar-refractivity contribution in [3.05, 3.63) is 48.4 Å². The Hall–Kier alpha value is -1.18. The number of nitrogens with zero attached hydrogens (tertiary/aromatic N) is 2. The summed E-state index contributed by atoms with van der Waals surface area (Å²) in [6.45, 7) is 1.83. The van der Waals surface area contributed by atoms with Crippen LogP contribution in [-0.2, 0) is 22.6 Å². The number of nitrogens with one attached hydrogen (secondary N) is 1. The predicted octanol–water partition coefficient (Wildman–Crippen LogP) is 2.01. The SMILES string of the molecule is Cn1cnc(S(=O)(=O)NC(C)(CBr)c2ccccc2)c1. The van der Waals surface area contributed by atoms with Crippen molar-refractivity contribution < 1.29 is 8.42 Å². The van der Waals surface area contributed by atoms with E-state index in [2.05, 4.69) is 25.6 Å². The van der Waals surface area contributed by atoms with Gasteiger partial charge >= 0.3 is 0 Å². The molecule has 5 nitrogen and oxygen atoms in total. The molecule has 0 saturated heterocycles. The van der Waals surface area contributed by atoms with Gasteiger partial charge in [-0.2, -0.15) is 4.72 Å². The molecule has 2 aromatic rings. The third kappa shape index (κ3) is 3.11. The van der Waals surface area contributed by atoms with Crippen molar-refractivity contribution in [2.24, 2.45) is 7.05 Å². The first-order valence-electron chi connectivity index (χ1n) is 6.01. The van der Waals surface area contributed by atoms with Crippen molar-refractivity contribution in [3.8, 4) is 0 Å². The highest BCUT2D eigenvalue weighted by Gasteiger charge is 2.32. The lowest BCUT2D eigenvalue weighted by molar-refractivity contribution is 0.480. The van der Waals surface area contributed by atoms with Gasteiger partial charge in [-0.3, -0.25) is 0 Å². The van der Waals surface area contributed by atoms with E-state index < -0.39 is 15.6 Å². The highest BCUT2D eigenvalue weighted by atomic mass is 79.9. The lowest BCUT2D eigenvalue weighted by Gasteiger charge is -2.28. The van der Waals surface area contributed by atoms with E-state index in [4.69, 9.17) is 0 Å². The maximum absolute atomic E-state index is 12.4. The van der Waals surface area contributed by atoms with Gasteiger partial charge in [0.1, 0.15) is 0 Å². The topological polar surface area (TPSA) is 64.0 Å². The Labute approximate surface area is 127 Å². The fourth-order valence-corrected chi connectivity index (χ4v) is 3.87. The predicted molar refractivity (Wildman–Crippen MR) is 81.1 cm³/mol. The zero-order valence-corrected chi connectivity index (χ0v) is 13.6. The molecule has 0 fully saturated rings. The van der Waals surface area contributed by atoms with Gasteiger partial charge in [0.05, 0.1) is 11.9 Å². The van der Waals surface area contributed by atoms with Crippen LogP contribution in [0.5, 0.6) is 0 Å². The summed E-state index contributed by atoms with van der Waals surface area (Å²) in [6.07, 6.45) is 2.94. The Morgan fingerprint density at radius 3 is 2.50 bits per heavy atom. The van der Waals surface area contributed by atoms with E-state index in [-0.39, 0.29) is 5.03 Å². The van der Waals surface area contributed by atoms with Gasteiger partial charge in [-0.05, 0) is 12.5 Å². The molecule has 1 aromatic heterocycles. The van der Waals surface area contributed by atoms with Gasteiger partial charge in [-0.1, -0.05) is 46.3 Å². The molecule has 0 radical (unpaired) electrons. The fourth-order valence-electron chi connectivity index (χ4n) is 1.85. The lowest BCUT2D eigenvalue weighted by atomic mass is 9.96. The van der Waals surface area contributed by atoms with Crippen molar-refractivity contribution in [2.75, 3.05) is 5.33 Å². The van der Waals surface area contributed by atoms with Crippen molar-refractivity contribution in [1.82, 2.24) is 14.3 Å². The van der Waals surface area contributed by atoms with Gasteiger partial charge < -0.3 is 4.57 Å². The maximum atomic E-state index is 12.4. The monoisotopic (exact) mass is 357 g/mol. The normalized spacial score (nSPS) is 14.9. The molecule has 0 bridgehead atoms. The molecule has 20 heavy (non-hydrogen) atoms. The van der Waals surface area contributed by atoms with Crippen LogP contribution < -0.4 is 4.72 Å². The molecule has 1 unspecified atom stereocenters. The number of aryl methyl sites for hydroxylation is 1. The second-order valence-electron chi connectivity index (χ2n) is 4.81. The van der Waals surface area contributed by atoms with E-state index in [1.54, 1.807) is 11.6 Å². The zero-order chi connectivity index (χ0) is 14.8. The summed E-state index contributed by atoms with van der Waals surface area (Å²) < 4.78 is 29.1. The molecule has 1 aromatic carbocycles. The van der Waals surface area contributed by atoms with Gasteiger partial charge in [0, 0.05) is 18.6 Å². The largest absolute Gasteiger partial charge is 0.339 e. The van der Waals surface area contributed by atoms with E-state index in [0.717, 1.165) is 5.56 Å². The van der Waals surface area contributed by atoms with Crippen LogP contribution in [-0.4, -0.2) is 23.3 Å². The Morgan fingerprint density at radius 2 is 2.00 bits per heavy atom. The van der Waals surface area contributed by atoms with Gasteiger partial charge in [0.2, 0.25) is 0 Å². The van der Waals surface area contributed by atoms with Crippen LogP contribution in [0, 0.1) is 0 Å². The van der Waals surface area contributed by atoms with Gasteiger partial charge in [0.25, 0.3) is 10.0 Å². The number of hydrogen-bond donors (Lipinski definition) is 1. The summed E-state index contributed by atoms with van der Waals surface area (Å²) in [7, 11) is -1.94. The number of hydrogen-bond acceptors (Lipinski definition) is 3. The van der Waals surface area contributed by atoms with Crippen LogP contribution in [0.2, 0.25) is 0 Å². The Kier molecular flexibility index (Phi) is 4.31. The molecule has 108 valence electrons. The van der Waals surface area contributed by atoms with Crippen molar-refractivity contribution in [1.29, 1.82) is 0 Å². The molecular weight excluding hydrogens is 342 g/mol. The number of sulfonamides is 1. The first-order chi connectivity index (χ1) is 9.37. The number of halogens is 1. The third-order valence-corrected chi connectivity index (χ3v) is 5.60. The molecule has 2 rings (SSSR count). The average molecular weight is 358 g/mol. The Bertz CT molecular complexity index is 685. The number of alkyl halides is 1. The van der Waals surface area contributed by atoms with Crippen molar-refractivity contribution >= 4 is 26.0 Å². The first-order valence-corrected chi connectivity index (χ1v) is 8.61. The minimum Gasteiger partial charge on any atom is -0.339 e. The standard InChI is InChI=1S/C13H16BrN3O2S/c1-13(9-14,11-6-4-3-5-7-11)16-20(18,19)12-8-17(2)10-15-12/h3-8,10,16H,9H2,1-2H3. The number of rotatable bonds is 5. The lowest BCUT2D eigenvalue weighted by Crippen LogP contribution is -2.44. The van der Waals surface area contributed by atoms with E-state index >= 15 is 0 Å². The van der Waals surface area contributed by atoms with E-state index in [1.165, 1.54) is 12.5 Å². The van der Waals surface area contributed by atoms with E-state index in [1.807, 2.05) is 37.3 Å². The van der Waals surface area contributed by atoms with Crippen LogP contribution in [0.3, 0.4) is 0 Å². The summed E-state index contributed by atoms with van der Waals surface area (Å²) in [6, 6.07) is 9.44. The highest BCUT2D eigenvalue weighted by Crippen LogP contribution is 2.25. The smallest absolute Gasteiger partial charge is 0.260 e. The molecule has 1 heterocycles. The third-order valence-electron chi connectivity index (χ3n) is 2.99.